The molecule has 1 aliphatic rings. The minimum absolute atomic E-state index is 0.117. The van der Waals surface area contributed by atoms with E-state index in [-0.39, 0.29) is 5.91 Å². The maximum absolute atomic E-state index is 11.9. The van der Waals surface area contributed by atoms with Crippen molar-refractivity contribution in [1.29, 1.82) is 0 Å². The number of nitrogens with one attached hydrogen (secondary N) is 1. The molecule has 2 heterocycles. The summed E-state index contributed by atoms with van der Waals surface area (Å²) in [5.74, 6) is -0.117. The van der Waals surface area contributed by atoms with Crippen molar-refractivity contribution in [2.45, 2.75) is 38.6 Å². The van der Waals surface area contributed by atoms with Gasteiger partial charge in [0, 0.05) is 37.6 Å². The Bertz CT molecular complexity index is 449. The number of hydrogen-bond donors (Lipinski definition) is 2. The molecule has 0 aromatic carbocycles. The molecule has 0 aliphatic carbocycles. The first kappa shape index (κ1) is 14.8. The summed E-state index contributed by atoms with van der Waals surface area (Å²) in [6, 6.07) is 4.21. The average Bonchev–Trinajstić information content (AvgIpc) is 2.72. The van der Waals surface area contributed by atoms with Gasteiger partial charge in [-0.3, -0.25) is 9.78 Å². The quantitative estimate of drug-likeness (QED) is 0.875. The van der Waals surface area contributed by atoms with E-state index in [1.54, 1.807) is 6.20 Å². The van der Waals surface area contributed by atoms with E-state index >= 15 is 0 Å². The fourth-order valence-corrected chi connectivity index (χ4v) is 2.74. The van der Waals surface area contributed by atoms with E-state index in [1.165, 1.54) is 19.3 Å². The molecule has 1 unspecified atom stereocenters. The molecule has 1 saturated heterocycles. The zero-order valence-corrected chi connectivity index (χ0v) is 12.1. The van der Waals surface area contributed by atoms with Gasteiger partial charge in [-0.1, -0.05) is 12.8 Å². The van der Waals surface area contributed by atoms with Crippen LogP contribution in [-0.4, -0.2) is 36.6 Å². The summed E-state index contributed by atoms with van der Waals surface area (Å²) in [5.41, 5.74) is 7.44. The molecule has 1 fully saturated rings. The normalized spacial score (nSPS) is 19.5. The van der Waals surface area contributed by atoms with Gasteiger partial charge in [0.05, 0.1) is 0 Å². The first-order valence-electron chi connectivity index (χ1n) is 7.47. The second-order valence-corrected chi connectivity index (χ2v) is 5.19. The van der Waals surface area contributed by atoms with E-state index in [2.05, 4.69) is 15.2 Å². The summed E-state index contributed by atoms with van der Waals surface area (Å²) < 4.78 is 0. The minimum Gasteiger partial charge on any atom is -0.367 e. The lowest BCUT2D eigenvalue weighted by molar-refractivity contribution is 0.0951. The first-order valence-corrected chi connectivity index (χ1v) is 7.47. The lowest BCUT2D eigenvalue weighted by atomic mass is 10.1. The Morgan fingerprint density at radius 1 is 1.50 bits per heavy atom. The van der Waals surface area contributed by atoms with Gasteiger partial charge in [0.25, 0.3) is 5.91 Å². The number of nitrogens with zero attached hydrogens (tertiary/aromatic N) is 2. The number of rotatable bonds is 4. The fraction of sp³-hybridized carbons (Fsp3) is 0.600. The number of pyridine rings is 1. The predicted octanol–water partition coefficient (Wildman–Crippen LogP) is 1.54. The van der Waals surface area contributed by atoms with E-state index < -0.39 is 0 Å². The molecule has 1 atom stereocenters. The molecule has 1 amide bonds. The van der Waals surface area contributed by atoms with Crippen LogP contribution in [0.2, 0.25) is 0 Å². The standard InChI is InChI=1S/C15H24N4O/c1-2-17-15(20)14-10-12(7-8-18-14)19-9-5-3-4-6-13(19)11-16/h7-8,10,13H,2-6,9,11,16H2,1H3,(H,17,20). The Balaban J connectivity index is 2.21. The molecule has 0 spiro atoms. The fourth-order valence-electron chi connectivity index (χ4n) is 2.74. The molecule has 110 valence electrons. The molecule has 1 aliphatic heterocycles. The second kappa shape index (κ2) is 7.24. The second-order valence-electron chi connectivity index (χ2n) is 5.19. The largest absolute Gasteiger partial charge is 0.367 e. The smallest absolute Gasteiger partial charge is 0.269 e. The Labute approximate surface area is 120 Å². The zero-order chi connectivity index (χ0) is 14.4. The van der Waals surface area contributed by atoms with Gasteiger partial charge in [0.15, 0.2) is 0 Å². The number of carbonyl (C=O) groups excluding carboxylic acids is 1. The molecule has 0 saturated carbocycles. The van der Waals surface area contributed by atoms with Crippen molar-refractivity contribution < 1.29 is 4.79 Å². The molecular weight excluding hydrogens is 252 g/mol. The molecule has 2 rings (SSSR count). The van der Waals surface area contributed by atoms with Crippen molar-refractivity contribution >= 4 is 11.6 Å². The average molecular weight is 276 g/mol. The van der Waals surface area contributed by atoms with Crippen molar-refractivity contribution in [1.82, 2.24) is 10.3 Å². The Morgan fingerprint density at radius 3 is 3.10 bits per heavy atom. The summed E-state index contributed by atoms with van der Waals surface area (Å²) in [5, 5.41) is 2.78. The Morgan fingerprint density at radius 2 is 2.35 bits per heavy atom. The van der Waals surface area contributed by atoms with Crippen LogP contribution in [0, 0.1) is 0 Å². The van der Waals surface area contributed by atoms with E-state index in [1.807, 2.05) is 19.1 Å². The van der Waals surface area contributed by atoms with E-state index in [0.717, 1.165) is 18.7 Å². The zero-order valence-electron chi connectivity index (χ0n) is 12.1. The number of nitrogens with two attached hydrogens (primary N) is 1. The maximum atomic E-state index is 11.9. The van der Waals surface area contributed by atoms with Gasteiger partial charge in [-0.05, 0) is 31.9 Å². The Kier molecular flexibility index (Phi) is 5.35. The van der Waals surface area contributed by atoms with Gasteiger partial charge < -0.3 is 16.0 Å². The number of amides is 1. The van der Waals surface area contributed by atoms with Gasteiger partial charge >= 0.3 is 0 Å². The lowest BCUT2D eigenvalue weighted by Crippen LogP contribution is -2.40. The predicted molar refractivity (Wildman–Crippen MR) is 80.9 cm³/mol. The van der Waals surface area contributed by atoms with Crippen LogP contribution in [0.3, 0.4) is 0 Å². The summed E-state index contributed by atoms with van der Waals surface area (Å²) in [4.78, 5) is 18.4. The highest BCUT2D eigenvalue weighted by molar-refractivity contribution is 5.93. The molecule has 1 aromatic rings. The molecular formula is C15H24N4O. The highest BCUT2D eigenvalue weighted by atomic mass is 16.1. The summed E-state index contributed by atoms with van der Waals surface area (Å²) in [7, 11) is 0. The van der Waals surface area contributed by atoms with Crippen molar-refractivity contribution in [2.75, 3.05) is 24.5 Å². The summed E-state index contributed by atoms with van der Waals surface area (Å²) >= 11 is 0. The summed E-state index contributed by atoms with van der Waals surface area (Å²) in [6.07, 6.45) is 6.48. The molecule has 20 heavy (non-hydrogen) atoms. The molecule has 0 bridgehead atoms. The van der Waals surface area contributed by atoms with E-state index in [4.69, 9.17) is 5.73 Å². The van der Waals surface area contributed by atoms with Crippen LogP contribution in [0.15, 0.2) is 18.3 Å². The number of anilines is 1. The van der Waals surface area contributed by atoms with Crippen LogP contribution in [-0.2, 0) is 0 Å². The topological polar surface area (TPSA) is 71.2 Å². The lowest BCUT2D eigenvalue weighted by Gasteiger charge is -2.31. The summed E-state index contributed by atoms with van der Waals surface area (Å²) in [6.45, 7) is 4.17. The number of carbonyl (C=O) groups is 1. The Hall–Kier alpha value is -1.62. The third-order valence-electron chi connectivity index (χ3n) is 3.79. The monoisotopic (exact) mass is 276 g/mol. The maximum Gasteiger partial charge on any atom is 0.269 e. The van der Waals surface area contributed by atoms with E-state index in [9.17, 15) is 4.79 Å². The van der Waals surface area contributed by atoms with Crippen molar-refractivity contribution in [2.24, 2.45) is 5.73 Å². The highest BCUT2D eigenvalue weighted by Gasteiger charge is 2.21. The molecule has 3 N–H and O–H groups in total. The number of aromatic nitrogens is 1. The van der Waals surface area contributed by atoms with Gasteiger partial charge in [0.2, 0.25) is 0 Å². The highest BCUT2D eigenvalue weighted by Crippen LogP contribution is 2.24. The van der Waals surface area contributed by atoms with Gasteiger partial charge in [-0.15, -0.1) is 0 Å². The van der Waals surface area contributed by atoms with E-state index in [0.29, 0.717) is 24.8 Å². The van der Waals surface area contributed by atoms with Crippen LogP contribution in [0.4, 0.5) is 5.69 Å². The number of hydrogen-bond acceptors (Lipinski definition) is 4. The van der Waals surface area contributed by atoms with Crippen LogP contribution in [0.25, 0.3) is 0 Å². The SMILES string of the molecule is CCNC(=O)c1cc(N2CCCCCC2CN)ccn1. The van der Waals surface area contributed by atoms with Crippen molar-refractivity contribution in [3.63, 3.8) is 0 Å². The van der Waals surface area contributed by atoms with Crippen molar-refractivity contribution in [3.05, 3.63) is 24.0 Å². The van der Waals surface area contributed by atoms with Crippen molar-refractivity contribution in [3.8, 4) is 0 Å². The van der Waals surface area contributed by atoms with Crippen LogP contribution >= 0.6 is 0 Å². The van der Waals surface area contributed by atoms with Crippen LogP contribution < -0.4 is 16.0 Å². The molecule has 5 nitrogen and oxygen atoms in total. The molecule has 1 aromatic heterocycles. The van der Waals surface area contributed by atoms with Gasteiger partial charge in [0.1, 0.15) is 5.69 Å². The van der Waals surface area contributed by atoms with Gasteiger partial charge in [-0.25, -0.2) is 0 Å². The third-order valence-corrected chi connectivity index (χ3v) is 3.79. The molecule has 5 heteroatoms. The molecule has 0 radical (unpaired) electrons. The van der Waals surface area contributed by atoms with Gasteiger partial charge in [-0.2, -0.15) is 0 Å². The van der Waals surface area contributed by atoms with Crippen LogP contribution in [0.5, 0.6) is 0 Å². The van der Waals surface area contributed by atoms with Crippen LogP contribution in [0.1, 0.15) is 43.1 Å². The minimum atomic E-state index is -0.117. The third kappa shape index (κ3) is 3.48. The first-order chi connectivity index (χ1) is 9.76.